The van der Waals surface area contributed by atoms with Crippen LogP contribution in [0.2, 0.25) is 0 Å². The number of nitrogens with two attached hydrogens (primary N) is 1. The number of carbonyl (C=O) groups is 1. The molecule has 3 heterocycles. The first-order chi connectivity index (χ1) is 16.9. The topological polar surface area (TPSA) is 81.3 Å². The minimum absolute atomic E-state index is 0.0857. The first-order valence-electron chi connectivity index (χ1n) is 12.5. The Bertz CT molecular complexity index is 1220. The number of nitrogens with zero attached hydrogens (tertiary/aromatic N) is 3. The van der Waals surface area contributed by atoms with Crippen LogP contribution in [0, 0.1) is 11.7 Å². The highest BCUT2D eigenvalue weighted by Crippen LogP contribution is 2.37. The zero-order valence-electron chi connectivity index (χ0n) is 20.4. The van der Waals surface area contributed by atoms with Crippen LogP contribution in [0.15, 0.2) is 42.9 Å². The van der Waals surface area contributed by atoms with E-state index in [0.29, 0.717) is 41.5 Å². The number of carbonyl (C=O) groups excluding carboxylic acids is 1. The predicted octanol–water partition coefficient (Wildman–Crippen LogP) is 4.65. The van der Waals surface area contributed by atoms with Gasteiger partial charge in [0, 0.05) is 48.4 Å². The molecular formula is C28H33FN4O2. The maximum atomic E-state index is 14.9. The lowest BCUT2D eigenvalue weighted by molar-refractivity contribution is 0.0989. The quantitative estimate of drug-likeness (QED) is 0.540. The summed E-state index contributed by atoms with van der Waals surface area (Å²) in [4.78, 5) is 24.5. The molecule has 184 valence electrons. The molecule has 0 bridgehead atoms. The maximum Gasteiger partial charge on any atom is 0.169 e. The highest BCUT2D eigenvalue weighted by atomic mass is 19.1. The normalized spacial score (nSPS) is 25.1. The number of anilines is 1. The monoisotopic (exact) mass is 476 g/mol. The number of aromatic nitrogens is 2. The Kier molecular flexibility index (Phi) is 6.80. The van der Waals surface area contributed by atoms with Gasteiger partial charge in [0.1, 0.15) is 5.82 Å². The van der Waals surface area contributed by atoms with E-state index in [1.807, 2.05) is 6.07 Å². The highest BCUT2D eigenvalue weighted by molar-refractivity contribution is 6.08. The summed E-state index contributed by atoms with van der Waals surface area (Å²) in [6, 6.07) is 7.10. The number of ketones is 1. The first-order valence-corrected chi connectivity index (χ1v) is 12.5. The molecule has 5 rings (SSSR count). The Labute approximate surface area is 205 Å². The lowest BCUT2D eigenvalue weighted by Crippen LogP contribution is -2.43. The fraction of sp³-hybridized carbons (Fsp3) is 0.464. The van der Waals surface area contributed by atoms with Crippen LogP contribution in [-0.4, -0.2) is 47.6 Å². The van der Waals surface area contributed by atoms with Gasteiger partial charge in [-0.15, -0.1) is 0 Å². The summed E-state index contributed by atoms with van der Waals surface area (Å²) in [5.74, 6) is 0.409. The molecule has 2 aromatic heterocycles. The Morgan fingerprint density at radius 2 is 2.06 bits per heavy atom. The molecule has 0 amide bonds. The summed E-state index contributed by atoms with van der Waals surface area (Å²) in [6.07, 6.45) is 8.52. The van der Waals surface area contributed by atoms with Crippen LogP contribution in [-0.2, 0) is 11.2 Å². The first kappa shape index (κ1) is 23.8. The van der Waals surface area contributed by atoms with Crippen molar-refractivity contribution in [2.24, 2.45) is 11.7 Å². The van der Waals surface area contributed by atoms with Crippen LogP contribution < -0.4 is 10.6 Å². The van der Waals surface area contributed by atoms with E-state index >= 15 is 0 Å². The van der Waals surface area contributed by atoms with Crippen molar-refractivity contribution in [1.29, 1.82) is 0 Å². The van der Waals surface area contributed by atoms with E-state index in [4.69, 9.17) is 10.5 Å². The van der Waals surface area contributed by atoms with Crippen LogP contribution in [0.1, 0.15) is 60.5 Å². The third-order valence-electron chi connectivity index (χ3n) is 7.49. The second kappa shape index (κ2) is 9.99. The summed E-state index contributed by atoms with van der Waals surface area (Å²) < 4.78 is 20.4. The molecule has 4 atom stereocenters. The molecule has 0 unspecified atom stereocenters. The smallest absolute Gasteiger partial charge is 0.169 e. The van der Waals surface area contributed by atoms with Gasteiger partial charge in [0.25, 0.3) is 0 Å². The largest absolute Gasteiger partial charge is 0.377 e. The zero-order valence-corrected chi connectivity index (χ0v) is 20.4. The van der Waals surface area contributed by atoms with Gasteiger partial charge in [-0.25, -0.2) is 4.39 Å². The lowest BCUT2D eigenvalue weighted by Gasteiger charge is -2.35. The van der Waals surface area contributed by atoms with Gasteiger partial charge in [0.05, 0.1) is 30.6 Å². The summed E-state index contributed by atoms with van der Waals surface area (Å²) >= 11 is 0. The average molecular weight is 477 g/mol. The Balaban J connectivity index is 1.45. The summed E-state index contributed by atoms with van der Waals surface area (Å²) in [5, 5.41) is 0.366. The minimum atomic E-state index is -0.376. The van der Waals surface area contributed by atoms with Crippen molar-refractivity contribution in [2.45, 2.75) is 57.5 Å². The third-order valence-corrected chi connectivity index (χ3v) is 7.49. The van der Waals surface area contributed by atoms with E-state index in [0.717, 1.165) is 42.6 Å². The molecule has 3 aromatic rings. The number of halogens is 1. The van der Waals surface area contributed by atoms with Crippen molar-refractivity contribution >= 4 is 22.4 Å². The Hall–Kier alpha value is -2.90. The number of hydrogen-bond donors (Lipinski definition) is 1. The number of morpholine rings is 1. The second-order valence-electron chi connectivity index (χ2n) is 10.2. The molecule has 2 fully saturated rings. The molecule has 1 aromatic carbocycles. The molecule has 7 heteroatoms. The van der Waals surface area contributed by atoms with Crippen LogP contribution in [0.25, 0.3) is 10.9 Å². The minimum Gasteiger partial charge on any atom is -0.377 e. The predicted molar refractivity (Wildman–Crippen MR) is 135 cm³/mol. The van der Waals surface area contributed by atoms with Crippen LogP contribution in [0.4, 0.5) is 10.1 Å². The standard InChI is InChI=1S/C28H33FN4O2/c1-17-9-19(11-21(30)10-17)23-5-6-31-14-20(23)12-27(34)24-3-4-26(29)25-13-22(15-32-28(24)25)33-7-8-35-16-18(33)2/h3-6,13-15,17-19,21H,7-12,16,30H2,1-2H3/t17-,18+,19+,21-/m0/s1. The lowest BCUT2D eigenvalue weighted by atomic mass is 9.75. The van der Waals surface area contributed by atoms with E-state index in [9.17, 15) is 9.18 Å². The number of ether oxygens (including phenoxy) is 1. The fourth-order valence-electron chi connectivity index (χ4n) is 5.83. The van der Waals surface area contributed by atoms with Crippen LogP contribution >= 0.6 is 0 Å². The molecule has 1 aliphatic carbocycles. The van der Waals surface area contributed by atoms with Crippen molar-refractivity contribution in [3.8, 4) is 0 Å². The molecule has 6 nitrogen and oxygen atoms in total. The average Bonchev–Trinajstić information content (AvgIpc) is 2.84. The van der Waals surface area contributed by atoms with Gasteiger partial charge in [-0.05, 0) is 73.4 Å². The van der Waals surface area contributed by atoms with E-state index in [-0.39, 0.29) is 30.1 Å². The van der Waals surface area contributed by atoms with E-state index < -0.39 is 0 Å². The fourth-order valence-corrected chi connectivity index (χ4v) is 5.83. The number of rotatable bonds is 5. The molecular weight excluding hydrogens is 443 g/mol. The highest BCUT2D eigenvalue weighted by Gasteiger charge is 2.28. The van der Waals surface area contributed by atoms with Gasteiger partial charge >= 0.3 is 0 Å². The third kappa shape index (κ3) is 4.93. The molecule has 1 saturated heterocycles. The van der Waals surface area contributed by atoms with Gasteiger partial charge in [-0.2, -0.15) is 0 Å². The summed E-state index contributed by atoms with van der Waals surface area (Å²) in [5.41, 5.74) is 10.1. The Morgan fingerprint density at radius 3 is 2.86 bits per heavy atom. The number of pyridine rings is 2. The Morgan fingerprint density at radius 1 is 1.20 bits per heavy atom. The SMILES string of the molecule is C[C@@H]1C[C@H](N)C[C@H](c2ccncc2CC(=O)c2ccc(F)c3cc(N4CCOC[C@H]4C)cnc23)C1. The van der Waals surface area contributed by atoms with Gasteiger partial charge in [-0.3, -0.25) is 14.8 Å². The zero-order chi connectivity index (χ0) is 24.5. The van der Waals surface area contributed by atoms with Crippen molar-refractivity contribution in [1.82, 2.24) is 9.97 Å². The van der Waals surface area contributed by atoms with E-state index in [1.54, 1.807) is 30.7 Å². The molecule has 1 aliphatic heterocycles. The van der Waals surface area contributed by atoms with Crippen molar-refractivity contribution in [3.05, 3.63) is 65.4 Å². The molecule has 0 radical (unpaired) electrons. The number of hydrogen-bond acceptors (Lipinski definition) is 6. The second-order valence-corrected chi connectivity index (χ2v) is 10.2. The van der Waals surface area contributed by atoms with E-state index in [2.05, 4.69) is 28.7 Å². The summed E-state index contributed by atoms with van der Waals surface area (Å²) in [7, 11) is 0. The van der Waals surface area contributed by atoms with Crippen molar-refractivity contribution < 1.29 is 13.9 Å². The van der Waals surface area contributed by atoms with Gasteiger partial charge < -0.3 is 15.4 Å². The number of Topliss-reactive ketones (excluding diaryl/α,β-unsaturated/α-hetero) is 1. The molecule has 35 heavy (non-hydrogen) atoms. The molecule has 0 spiro atoms. The van der Waals surface area contributed by atoms with Gasteiger partial charge in [-0.1, -0.05) is 6.92 Å². The molecule has 2 N–H and O–H groups in total. The van der Waals surface area contributed by atoms with Gasteiger partial charge in [0.15, 0.2) is 5.78 Å². The number of fused-ring (bicyclic) bond motifs is 1. The van der Waals surface area contributed by atoms with E-state index in [1.165, 1.54) is 6.07 Å². The maximum absolute atomic E-state index is 14.9. The van der Waals surface area contributed by atoms with Crippen molar-refractivity contribution in [3.63, 3.8) is 0 Å². The molecule has 2 aliphatic rings. The van der Waals surface area contributed by atoms with Crippen LogP contribution in [0.5, 0.6) is 0 Å². The van der Waals surface area contributed by atoms with Crippen molar-refractivity contribution in [2.75, 3.05) is 24.7 Å². The van der Waals surface area contributed by atoms with Gasteiger partial charge in [0.2, 0.25) is 0 Å². The van der Waals surface area contributed by atoms with Crippen LogP contribution in [0.3, 0.4) is 0 Å². The number of benzene rings is 1. The molecule has 1 saturated carbocycles. The summed E-state index contributed by atoms with van der Waals surface area (Å²) in [6.45, 7) is 6.28.